The molecule has 88 valence electrons. The van der Waals surface area contributed by atoms with Crippen molar-refractivity contribution in [2.24, 2.45) is 15.2 Å². The Bertz CT molecular complexity index is 518. The van der Waals surface area contributed by atoms with Crippen LogP contribution in [0.5, 0.6) is 0 Å². The molecule has 1 heterocycles. The summed E-state index contributed by atoms with van der Waals surface area (Å²) in [6, 6.07) is 2.78. The van der Waals surface area contributed by atoms with E-state index in [1.54, 1.807) is 0 Å². The van der Waals surface area contributed by atoms with Crippen molar-refractivity contribution in [3.05, 3.63) is 35.4 Å². The topological polar surface area (TPSA) is 54.1 Å². The summed E-state index contributed by atoms with van der Waals surface area (Å²) in [6.45, 7) is 0. The number of carbonyl (C=O) groups is 1. The second kappa shape index (κ2) is 4.40. The largest absolute Gasteiger partial charge is 0.294 e. The summed E-state index contributed by atoms with van der Waals surface area (Å²) in [5.41, 5.74) is -0.192. The zero-order chi connectivity index (χ0) is 12.5. The zero-order valence-electron chi connectivity index (χ0n) is 8.40. The molecular formula is C10H6BrF2N3O. The number of Topliss-reactive ketones (excluding diaryl/α,β-unsaturated/α-hetero) is 1. The molecule has 0 fully saturated rings. The van der Waals surface area contributed by atoms with Gasteiger partial charge in [-0.15, -0.1) is 10.2 Å². The highest BCUT2D eigenvalue weighted by Gasteiger charge is 2.32. The first-order chi connectivity index (χ1) is 8.00. The van der Waals surface area contributed by atoms with E-state index in [9.17, 15) is 13.6 Å². The van der Waals surface area contributed by atoms with Gasteiger partial charge in [0.1, 0.15) is 18.0 Å². The number of halogens is 3. The molecular weight excluding hydrogens is 296 g/mol. The van der Waals surface area contributed by atoms with Crippen molar-refractivity contribution in [2.45, 2.75) is 11.0 Å². The molecule has 0 saturated heterocycles. The predicted octanol–water partition coefficient (Wildman–Crippen LogP) is 3.08. The van der Waals surface area contributed by atoms with E-state index in [0.717, 1.165) is 12.1 Å². The highest BCUT2D eigenvalue weighted by molar-refractivity contribution is 9.10. The van der Waals surface area contributed by atoms with Crippen molar-refractivity contribution in [3.63, 3.8) is 0 Å². The van der Waals surface area contributed by atoms with Crippen LogP contribution in [-0.2, 0) is 0 Å². The van der Waals surface area contributed by atoms with Crippen LogP contribution < -0.4 is 0 Å². The molecule has 0 spiro atoms. The smallest absolute Gasteiger partial charge is 0.234 e. The van der Waals surface area contributed by atoms with Crippen molar-refractivity contribution in [2.75, 3.05) is 0 Å². The molecule has 2 rings (SSSR count). The Morgan fingerprint density at radius 3 is 2.76 bits per heavy atom. The number of carbonyl (C=O) groups excluding carboxylic acids is 1. The average molecular weight is 302 g/mol. The van der Waals surface area contributed by atoms with E-state index < -0.39 is 22.0 Å². The van der Waals surface area contributed by atoms with E-state index in [4.69, 9.17) is 0 Å². The lowest BCUT2D eigenvalue weighted by molar-refractivity contribution is 0.0968. The minimum Gasteiger partial charge on any atom is -0.294 e. The SMILES string of the molecule is O=C(CC1(Br)N=CN=N1)c1ccc(F)cc1F. The Labute approximate surface area is 104 Å². The first-order valence-electron chi connectivity index (χ1n) is 4.63. The number of nitrogens with zero attached hydrogens (tertiary/aromatic N) is 3. The molecule has 0 saturated carbocycles. The Balaban J connectivity index is 2.20. The summed E-state index contributed by atoms with van der Waals surface area (Å²) in [5, 5.41) is 7.18. The van der Waals surface area contributed by atoms with Crippen LogP contribution in [0.4, 0.5) is 8.78 Å². The molecule has 1 aliphatic heterocycles. The summed E-state index contributed by atoms with van der Waals surface area (Å²) in [5.74, 6) is -2.16. The van der Waals surface area contributed by atoms with Gasteiger partial charge in [-0.3, -0.25) is 4.79 Å². The molecule has 1 atom stereocenters. The monoisotopic (exact) mass is 301 g/mol. The van der Waals surface area contributed by atoms with Crippen LogP contribution in [0.25, 0.3) is 0 Å². The number of alkyl halides is 1. The van der Waals surface area contributed by atoms with Gasteiger partial charge in [-0.2, -0.15) is 0 Å². The van der Waals surface area contributed by atoms with E-state index in [-0.39, 0.29) is 12.0 Å². The molecule has 0 bridgehead atoms. The molecule has 17 heavy (non-hydrogen) atoms. The van der Waals surface area contributed by atoms with Crippen LogP contribution in [0, 0.1) is 11.6 Å². The third-order valence-electron chi connectivity index (χ3n) is 2.14. The molecule has 0 radical (unpaired) electrons. The number of aliphatic imine (C=N–C) groups is 1. The maximum Gasteiger partial charge on any atom is 0.234 e. The molecule has 1 unspecified atom stereocenters. The molecule has 4 nitrogen and oxygen atoms in total. The van der Waals surface area contributed by atoms with Crippen LogP contribution in [0.2, 0.25) is 0 Å². The van der Waals surface area contributed by atoms with Gasteiger partial charge in [0.15, 0.2) is 5.78 Å². The fraction of sp³-hybridized carbons (Fsp3) is 0.200. The van der Waals surface area contributed by atoms with Crippen LogP contribution >= 0.6 is 15.9 Å². The third kappa shape index (κ3) is 2.60. The lowest BCUT2D eigenvalue weighted by Gasteiger charge is -2.12. The van der Waals surface area contributed by atoms with Crippen molar-refractivity contribution < 1.29 is 13.6 Å². The highest BCUT2D eigenvalue weighted by Crippen LogP contribution is 2.31. The average Bonchev–Trinajstić information content (AvgIpc) is 2.64. The quantitative estimate of drug-likeness (QED) is 0.481. The van der Waals surface area contributed by atoms with Gasteiger partial charge in [-0.1, -0.05) is 0 Å². The van der Waals surface area contributed by atoms with Crippen molar-refractivity contribution in [3.8, 4) is 0 Å². The Morgan fingerprint density at radius 1 is 1.41 bits per heavy atom. The maximum atomic E-state index is 13.3. The minimum absolute atomic E-state index is 0.185. The van der Waals surface area contributed by atoms with E-state index >= 15 is 0 Å². The second-order valence-corrected chi connectivity index (χ2v) is 4.67. The summed E-state index contributed by atoms with van der Waals surface area (Å²) in [6.07, 6.45) is 1.01. The van der Waals surface area contributed by atoms with E-state index in [0.29, 0.717) is 6.07 Å². The minimum atomic E-state index is -1.16. The van der Waals surface area contributed by atoms with Crippen LogP contribution in [0.15, 0.2) is 33.4 Å². The summed E-state index contributed by atoms with van der Waals surface area (Å²) < 4.78 is 24.8. The Hall–Kier alpha value is -1.50. The third-order valence-corrected chi connectivity index (χ3v) is 2.78. The van der Waals surface area contributed by atoms with Crippen molar-refractivity contribution in [1.29, 1.82) is 0 Å². The number of hydrogen-bond donors (Lipinski definition) is 0. The normalized spacial score (nSPS) is 22.1. The molecule has 1 aromatic rings. The van der Waals surface area contributed by atoms with Crippen molar-refractivity contribution >= 4 is 28.1 Å². The molecule has 1 aliphatic rings. The van der Waals surface area contributed by atoms with Gasteiger partial charge < -0.3 is 0 Å². The highest BCUT2D eigenvalue weighted by atomic mass is 79.9. The molecule has 0 aromatic heterocycles. The number of azo groups is 1. The molecule has 1 aromatic carbocycles. The van der Waals surface area contributed by atoms with Crippen LogP contribution in [0.3, 0.4) is 0 Å². The lowest BCUT2D eigenvalue weighted by Crippen LogP contribution is -2.18. The van der Waals surface area contributed by atoms with Gasteiger partial charge in [0.05, 0.1) is 12.0 Å². The fourth-order valence-corrected chi connectivity index (χ4v) is 1.79. The van der Waals surface area contributed by atoms with E-state index in [1.807, 2.05) is 0 Å². The fourth-order valence-electron chi connectivity index (χ4n) is 1.35. The van der Waals surface area contributed by atoms with Crippen LogP contribution in [0.1, 0.15) is 16.8 Å². The van der Waals surface area contributed by atoms with E-state index in [1.165, 1.54) is 6.34 Å². The number of ketones is 1. The number of rotatable bonds is 3. The molecule has 7 heteroatoms. The number of hydrogen-bond acceptors (Lipinski definition) is 4. The summed E-state index contributed by atoms with van der Waals surface area (Å²) >= 11 is 3.11. The van der Waals surface area contributed by atoms with Gasteiger partial charge in [0.2, 0.25) is 4.57 Å². The second-order valence-electron chi connectivity index (χ2n) is 3.40. The Kier molecular flexibility index (Phi) is 3.10. The van der Waals surface area contributed by atoms with Gasteiger partial charge >= 0.3 is 0 Å². The first kappa shape index (κ1) is 12.0. The molecule has 0 N–H and O–H groups in total. The van der Waals surface area contributed by atoms with Gasteiger partial charge in [0.25, 0.3) is 0 Å². The predicted molar refractivity (Wildman–Crippen MR) is 60.3 cm³/mol. The maximum absolute atomic E-state index is 13.3. The summed E-state index contributed by atoms with van der Waals surface area (Å²) in [4.78, 5) is 15.6. The molecule has 0 aliphatic carbocycles. The summed E-state index contributed by atoms with van der Waals surface area (Å²) in [7, 11) is 0. The first-order valence-corrected chi connectivity index (χ1v) is 5.42. The standard InChI is InChI=1S/C10H6BrF2N3O/c11-10(14-5-15-16-10)4-9(17)7-2-1-6(12)3-8(7)13/h1-3,5H,4H2. The Morgan fingerprint density at radius 2 is 2.18 bits per heavy atom. The van der Waals surface area contributed by atoms with Gasteiger partial charge in [0, 0.05) is 6.07 Å². The lowest BCUT2D eigenvalue weighted by atomic mass is 10.1. The number of benzene rings is 1. The van der Waals surface area contributed by atoms with Crippen molar-refractivity contribution in [1.82, 2.24) is 0 Å². The van der Waals surface area contributed by atoms with Gasteiger partial charge in [-0.05, 0) is 28.1 Å². The molecule has 0 amide bonds. The van der Waals surface area contributed by atoms with E-state index in [2.05, 4.69) is 31.2 Å². The van der Waals surface area contributed by atoms with Gasteiger partial charge in [-0.25, -0.2) is 13.8 Å². The zero-order valence-corrected chi connectivity index (χ0v) is 9.99. The van der Waals surface area contributed by atoms with Crippen LogP contribution in [-0.4, -0.2) is 16.7 Å².